The van der Waals surface area contributed by atoms with Crippen molar-refractivity contribution in [2.45, 2.75) is 19.4 Å². The molecule has 17 heavy (non-hydrogen) atoms. The van der Waals surface area contributed by atoms with Crippen molar-refractivity contribution in [2.75, 3.05) is 18.1 Å². The number of carbonyl (C=O) groups excluding carboxylic acids is 1. The van der Waals surface area contributed by atoms with Gasteiger partial charge in [-0.2, -0.15) is 11.8 Å². The SMILES string of the molecule is CCNC(=O)c1ccnc(OC2CCSC2)c1. The molecular formula is C12H16N2O2S. The average Bonchev–Trinajstić information content (AvgIpc) is 2.82. The largest absolute Gasteiger partial charge is 0.473 e. The Morgan fingerprint density at radius 2 is 2.59 bits per heavy atom. The molecule has 0 aromatic carbocycles. The molecule has 1 unspecified atom stereocenters. The first-order chi connectivity index (χ1) is 8.29. The highest BCUT2D eigenvalue weighted by Gasteiger charge is 2.18. The van der Waals surface area contributed by atoms with Gasteiger partial charge in [0.05, 0.1) is 0 Å². The standard InChI is InChI=1S/C12H16N2O2S/c1-2-13-12(15)9-3-5-14-11(7-9)16-10-4-6-17-8-10/h3,5,7,10H,2,4,6,8H2,1H3,(H,13,15). The van der Waals surface area contributed by atoms with E-state index in [2.05, 4.69) is 10.3 Å². The Morgan fingerprint density at radius 3 is 3.29 bits per heavy atom. The summed E-state index contributed by atoms with van der Waals surface area (Å²) in [6.45, 7) is 2.52. The molecule has 0 bridgehead atoms. The Morgan fingerprint density at radius 1 is 1.71 bits per heavy atom. The first-order valence-electron chi connectivity index (χ1n) is 5.78. The molecule has 1 fully saturated rings. The number of pyridine rings is 1. The van der Waals surface area contributed by atoms with Crippen molar-refractivity contribution in [3.8, 4) is 5.88 Å². The van der Waals surface area contributed by atoms with Crippen molar-refractivity contribution < 1.29 is 9.53 Å². The number of thioether (sulfide) groups is 1. The summed E-state index contributed by atoms with van der Waals surface area (Å²) in [5.74, 6) is 2.61. The third-order valence-electron chi connectivity index (χ3n) is 2.51. The summed E-state index contributed by atoms with van der Waals surface area (Å²) in [7, 11) is 0. The van der Waals surface area contributed by atoms with Crippen LogP contribution in [0.15, 0.2) is 18.3 Å². The molecule has 2 rings (SSSR count). The van der Waals surface area contributed by atoms with Gasteiger partial charge in [0.15, 0.2) is 0 Å². The van der Waals surface area contributed by atoms with E-state index in [9.17, 15) is 4.79 Å². The van der Waals surface area contributed by atoms with Crippen molar-refractivity contribution in [1.29, 1.82) is 0 Å². The summed E-state index contributed by atoms with van der Waals surface area (Å²) < 4.78 is 5.73. The molecule has 2 heterocycles. The van der Waals surface area contributed by atoms with Crippen LogP contribution in [0.2, 0.25) is 0 Å². The number of hydrogen-bond acceptors (Lipinski definition) is 4. The summed E-state index contributed by atoms with van der Waals surface area (Å²) in [6.07, 6.45) is 2.90. The van der Waals surface area contributed by atoms with Crippen molar-refractivity contribution in [3.63, 3.8) is 0 Å². The number of ether oxygens (including phenoxy) is 1. The second-order valence-corrected chi connectivity index (χ2v) is 5.00. The monoisotopic (exact) mass is 252 g/mol. The fourth-order valence-corrected chi connectivity index (χ4v) is 2.75. The summed E-state index contributed by atoms with van der Waals surface area (Å²) in [6, 6.07) is 3.40. The molecule has 5 heteroatoms. The van der Waals surface area contributed by atoms with Gasteiger partial charge in [0.2, 0.25) is 5.88 Å². The lowest BCUT2D eigenvalue weighted by molar-refractivity contribution is 0.0954. The van der Waals surface area contributed by atoms with Crippen LogP contribution in [0.25, 0.3) is 0 Å². The van der Waals surface area contributed by atoms with E-state index in [4.69, 9.17) is 4.74 Å². The molecule has 4 nitrogen and oxygen atoms in total. The predicted molar refractivity (Wildman–Crippen MR) is 68.6 cm³/mol. The zero-order chi connectivity index (χ0) is 12.1. The van der Waals surface area contributed by atoms with Gasteiger partial charge in [-0.15, -0.1) is 0 Å². The normalized spacial score (nSPS) is 19.0. The lowest BCUT2D eigenvalue weighted by Gasteiger charge is -2.11. The molecule has 1 saturated heterocycles. The van der Waals surface area contributed by atoms with Crippen LogP contribution >= 0.6 is 11.8 Å². The van der Waals surface area contributed by atoms with E-state index < -0.39 is 0 Å². The third-order valence-corrected chi connectivity index (χ3v) is 3.64. The summed E-state index contributed by atoms with van der Waals surface area (Å²) in [5.41, 5.74) is 0.600. The molecule has 0 saturated carbocycles. The zero-order valence-corrected chi connectivity index (χ0v) is 10.6. The molecule has 1 amide bonds. The number of aromatic nitrogens is 1. The van der Waals surface area contributed by atoms with E-state index in [1.54, 1.807) is 18.3 Å². The van der Waals surface area contributed by atoms with Gasteiger partial charge in [-0.1, -0.05) is 0 Å². The maximum atomic E-state index is 11.6. The van der Waals surface area contributed by atoms with Crippen LogP contribution in [0.4, 0.5) is 0 Å². The minimum Gasteiger partial charge on any atom is -0.473 e. The second-order valence-electron chi connectivity index (χ2n) is 3.85. The maximum Gasteiger partial charge on any atom is 0.251 e. The van der Waals surface area contributed by atoms with Crippen molar-refractivity contribution in [3.05, 3.63) is 23.9 Å². The molecular weight excluding hydrogens is 236 g/mol. The third kappa shape index (κ3) is 3.36. The molecule has 1 atom stereocenters. The predicted octanol–water partition coefficient (Wildman–Crippen LogP) is 1.72. The average molecular weight is 252 g/mol. The lowest BCUT2D eigenvalue weighted by Crippen LogP contribution is -2.23. The highest BCUT2D eigenvalue weighted by Crippen LogP contribution is 2.22. The van der Waals surface area contributed by atoms with Crippen LogP contribution in [-0.4, -0.2) is 35.0 Å². The van der Waals surface area contributed by atoms with E-state index in [1.165, 1.54) is 0 Å². The van der Waals surface area contributed by atoms with Gasteiger partial charge in [0.25, 0.3) is 5.91 Å². The van der Waals surface area contributed by atoms with Gasteiger partial charge in [-0.25, -0.2) is 4.98 Å². The number of rotatable bonds is 4. The Hall–Kier alpha value is -1.23. The summed E-state index contributed by atoms with van der Waals surface area (Å²) in [5, 5.41) is 2.76. The maximum absolute atomic E-state index is 11.6. The van der Waals surface area contributed by atoms with E-state index in [-0.39, 0.29) is 12.0 Å². The second kappa shape index (κ2) is 5.91. The number of amides is 1. The Labute approximate surface area is 105 Å². The smallest absolute Gasteiger partial charge is 0.251 e. The van der Waals surface area contributed by atoms with Crippen LogP contribution in [0, 0.1) is 0 Å². The highest BCUT2D eigenvalue weighted by atomic mass is 32.2. The molecule has 1 aromatic rings. The molecule has 0 aliphatic carbocycles. The van der Waals surface area contributed by atoms with Crippen molar-refractivity contribution >= 4 is 17.7 Å². The highest BCUT2D eigenvalue weighted by molar-refractivity contribution is 7.99. The lowest BCUT2D eigenvalue weighted by atomic mass is 10.2. The Bertz CT molecular complexity index is 392. The van der Waals surface area contributed by atoms with Crippen LogP contribution in [-0.2, 0) is 0 Å². The van der Waals surface area contributed by atoms with Gasteiger partial charge in [-0.3, -0.25) is 4.79 Å². The van der Waals surface area contributed by atoms with E-state index in [1.807, 2.05) is 18.7 Å². The fraction of sp³-hybridized carbons (Fsp3) is 0.500. The molecule has 1 aliphatic heterocycles. The number of hydrogen-bond donors (Lipinski definition) is 1. The minimum atomic E-state index is -0.0828. The van der Waals surface area contributed by atoms with Crippen molar-refractivity contribution in [1.82, 2.24) is 10.3 Å². The topological polar surface area (TPSA) is 51.2 Å². The molecule has 92 valence electrons. The number of carbonyl (C=O) groups is 1. The molecule has 0 radical (unpaired) electrons. The summed E-state index contributed by atoms with van der Waals surface area (Å²) in [4.78, 5) is 15.8. The van der Waals surface area contributed by atoms with Gasteiger partial charge in [0.1, 0.15) is 6.10 Å². The van der Waals surface area contributed by atoms with Crippen molar-refractivity contribution in [2.24, 2.45) is 0 Å². The molecule has 1 aliphatic rings. The van der Waals surface area contributed by atoms with Gasteiger partial charge >= 0.3 is 0 Å². The van der Waals surface area contributed by atoms with E-state index in [0.29, 0.717) is 18.0 Å². The van der Waals surface area contributed by atoms with Gasteiger partial charge < -0.3 is 10.1 Å². The van der Waals surface area contributed by atoms with Gasteiger partial charge in [-0.05, 0) is 25.2 Å². The Kier molecular flexibility index (Phi) is 4.25. The molecule has 1 aromatic heterocycles. The van der Waals surface area contributed by atoms with Crippen LogP contribution in [0.1, 0.15) is 23.7 Å². The first kappa shape index (κ1) is 12.2. The minimum absolute atomic E-state index is 0.0828. The van der Waals surface area contributed by atoms with E-state index >= 15 is 0 Å². The molecule has 1 N–H and O–H groups in total. The van der Waals surface area contributed by atoms with Crippen LogP contribution < -0.4 is 10.1 Å². The van der Waals surface area contributed by atoms with Crippen LogP contribution in [0.3, 0.4) is 0 Å². The Balaban J connectivity index is 2.02. The summed E-state index contributed by atoms with van der Waals surface area (Å²) >= 11 is 1.89. The number of nitrogens with one attached hydrogen (secondary N) is 1. The van der Waals surface area contributed by atoms with Crippen LogP contribution in [0.5, 0.6) is 5.88 Å². The zero-order valence-electron chi connectivity index (χ0n) is 9.81. The number of nitrogens with zero attached hydrogens (tertiary/aromatic N) is 1. The quantitative estimate of drug-likeness (QED) is 0.886. The first-order valence-corrected chi connectivity index (χ1v) is 6.93. The van der Waals surface area contributed by atoms with Gasteiger partial charge in [0, 0.05) is 30.1 Å². The molecule has 0 spiro atoms. The van der Waals surface area contributed by atoms with E-state index in [0.717, 1.165) is 17.9 Å². The fourth-order valence-electron chi connectivity index (χ4n) is 1.65.